The van der Waals surface area contributed by atoms with Gasteiger partial charge in [-0.1, -0.05) is 42.1 Å². The van der Waals surface area contributed by atoms with Crippen LogP contribution < -0.4 is 10.6 Å². The molecule has 1 aromatic rings. The number of benzene rings is 1. The van der Waals surface area contributed by atoms with E-state index in [1.807, 2.05) is 51.1 Å². The van der Waals surface area contributed by atoms with Gasteiger partial charge in [0.2, 0.25) is 11.8 Å². The van der Waals surface area contributed by atoms with Crippen LogP contribution in [0.2, 0.25) is 0 Å². The lowest BCUT2D eigenvalue weighted by molar-refractivity contribution is -0.125. The SMILES string of the molecule is CC(C)=N/N=C1\NC(=O)C(CC(=O)NC(C)c2ccccc2)S1. The lowest BCUT2D eigenvalue weighted by Gasteiger charge is -2.15. The highest BCUT2D eigenvalue weighted by molar-refractivity contribution is 8.15. The molecule has 2 amide bonds. The van der Waals surface area contributed by atoms with Gasteiger partial charge in [-0.3, -0.25) is 9.59 Å². The Morgan fingerprint density at radius 1 is 1.35 bits per heavy atom. The van der Waals surface area contributed by atoms with E-state index >= 15 is 0 Å². The zero-order valence-corrected chi connectivity index (χ0v) is 14.2. The second kappa shape index (κ2) is 7.92. The van der Waals surface area contributed by atoms with Crippen molar-refractivity contribution in [1.29, 1.82) is 0 Å². The summed E-state index contributed by atoms with van der Waals surface area (Å²) in [6.07, 6.45) is 0.113. The maximum atomic E-state index is 12.1. The Hall–Kier alpha value is -2.15. The number of rotatable bonds is 5. The number of amides is 2. The molecule has 6 nitrogen and oxygen atoms in total. The van der Waals surface area contributed by atoms with Crippen molar-refractivity contribution in [2.24, 2.45) is 10.2 Å². The molecule has 0 aliphatic carbocycles. The van der Waals surface area contributed by atoms with Crippen LogP contribution in [-0.2, 0) is 9.59 Å². The first-order valence-electron chi connectivity index (χ1n) is 7.36. The lowest BCUT2D eigenvalue weighted by atomic mass is 10.1. The van der Waals surface area contributed by atoms with E-state index in [9.17, 15) is 9.59 Å². The normalized spacial score (nSPS) is 20.0. The van der Waals surface area contributed by atoms with Gasteiger partial charge in [0.05, 0.1) is 6.04 Å². The van der Waals surface area contributed by atoms with Gasteiger partial charge in [0.25, 0.3) is 0 Å². The van der Waals surface area contributed by atoms with Gasteiger partial charge in [-0.25, -0.2) is 0 Å². The fourth-order valence-corrected chi connectivity index (χ4v) is 2.94. The van der Waals surface area contributed by atoms with Gasteiger partial charge in [0.15, 0.2) is 5.17 Å². The summed E-state index contributed by atoms with van der Waals surface area (Å²) < 4.78 is 0. The Morgan fingerprint density at radius 3 is 2.70 bits per heavy atom. The van der Waals surface area contributed by atoms with Crippen LogP contribution in [0, 0.1) is 0 Å². The Bertz CT molecular complexity index is 639. The summed E-state index contributed by atoms with van der Waals surface area (Å²) in [5.74, 6) is -0.370. The highest BCUT2D eigenvalue weighted by atomic mass is 32.2. The third kappa shape index (κ3) is 5.21. The zero-order valence-electron chi connectivity index (χ0n) is 13.4. The number of carbonyl (C=O) groups excluding carboxylic acids is 2. The van der Waals surface area contributed by atoms with Crippen molar-refractivity contribution >= 4 is 34.5 Å². The summed E-state index contributed by atoms with van der Waals surface area (Å²) in [4.78, 5) is 24.0. The van der Waals surface area contributed by atoms with Crippen molar-refractivity contribution in [3.8, 4) is 0 Å². The van der Waals surface area contributed by atoms with Crippen molar-refractivity contribution in [2.45, 2.75) is 38.5 Å². The molecule has 7 heteroatoms. The van der Waals surface area contributed by atoms with E-state index in [4.69, 9.17) is 0 Å². The molecule has 1 saturated heterocycles. The van der Waals surface area contributed by atoms with Crippen LogP contribution in [-0.4, -0.2) is 27.9 Å². The van der Waals surface area contributed by atoms with E-state index in [0.29, 0.717) is 5.17 Å². The van der Waals surface area contributed by atoms with E-state index < -0.39 is 5.25 Å². The van der Waals surface area contributed by atoms with Crippen molar-refractivity contribution in [3.63, 3.8) is 0 Å². The Kier molecular flexibility index (Phi) is 5.92. The molecule has 2 unspecified atom stereocenters. The third-order valence-corrected chi connectivity index (χ3v) is 4.24. The predicted octanol–water partition coefficient (Wildman–Crippen LogP) is 2.24. The molecule has 122 valence electrons. The number of nitrogens with one attached hydrogen (secondary N) is 2. The number of hydrogen-bond donors (Lipinski definition) is 2. The van der Waals surface area contributed by atoms with Gasteiger partial charge < -0.3 is 10.6 Å². The minimum Gasteiger partial charge on any atom is -0.350 e. The molecule has 2 N–H and O–H groups in total. The molecule has 1 aromatic carbocycles. The Balaban J connectivity index is 1.89. The largest absolute Gasteiger partial charge is 0.350 e. The van der Waals surface area contributed by atoms with E-state index in [2.05, 4.69) is 20.8 Å². The topological polar surface area (TPSA) is 82.9 Å². The summed E-state index contributed by atoms with van der Waals surface area (Å²) in [6, 6.07) is 9.60. The van der Waals surface area contributed by atoms with Gasteiger partial charge >= 0.3 is 0 Å². The molecule has 0 saturated carbocycles. The monoisotopic (exact) mass is 332 g/mol. The van der Waals surface area contributed by atoms with Gasteiger partial charge in [-0.05, 0) is 26.3 Å². The van der Waals surface area contributed by atoms with Gasteiger partial charge in [-0.2, -0.15) is 5.10 Å². The molecule has 1 aliphatic heterocycles. The number of hydrogen-bond acceptors (Lipinski definition) is 5. The molecule has 0 spiro atoms. The third-order valence-electron chi connectivity index (χ3n) is 3.17. The maximum Gasteiger partial charge on any atom is 0.240 e. The van der Waals surface area contributed by atoms with Crippen molar-refractivity contribution in [3.05, 3.63) is 35.9 Å². The summed E-state index contributed by atoms with van der Waals surface area (Å²) in [5, 5.41) is 13.4. The minimum absolute atomic E-state index is 0.0985. The van der Waals surface area contributed by atoms with Crippen LogP contribution in [0.1, 0.15) is 38.8 Å². The molecular formula is C16H20N4O2S. The van der Waals surface area contributed by atoms with Gasteiger partial charge in [-0.15, -0.1) is 5.10 Å². The fraction of sp³-hybridized carbons (Fsp3) is 0.375. The lowest BCUT2D eigenvalue weighted by Crippen LogP contribution is -2.32. The quantitative estimate of drug-likeness (QED) is 0.641. The molecule has 1 heterocycles. The van der Waals surface area contributed by atoms with Crippen LogP contribution >= 0.6 is 11.8 Å². The maximum absolute atomic E-state index is 12.1. The average Bonchev–Trinajstić information content (AvgIpc) is 2.86. The van der Waals surface area contributed by atoms with Crippen LogP contribution in [0.4, 0.5) is 0 Å². The summed E-state index contributed by atoms with van der Waals surface area (Å²) in [7, 11) is 0. The second-order valence-electron chi connectivity index (χ2n) is 5.45. The Labute approximate surface area is 139 Å². The number of carbonyl (C=O) groups is 2. The van der Waals surface area contributed by atoms with Crippen LogP contribution in [0.3, 0.4) is 0 Å². The van der Waals surface area contributed by atoms with Crippen LogP contribution in [0.15, 0.2) is 40.5 Å². The van der Waals surface area contributed by atoms with Crippen molar-refractivity contribution < 1.29 is 9.59 Å². The smallest absolute Gasteiger partial charge is 0.240 e. The van der Waals surface area contributed by atoms with Gasteiger partial charge in [0.1, 0.15) is 5.25 Å². The molecular weight excluding hydrogens is 312 g/mol. The molecule has 1 aliphatic rings. The van der Waals surface area contributed by atoms with Crippen LogP contribution in [0.5, 0.6) is 0 Å². The van der Waals surface area contributed by atoms with Crippen LogP contribution in [0.25, 0.3) is 0 Å². The Morgan fingerprint density at radius 2 is 2.04 bits per heavy atom. The highest BCUT2D eigenvalue weighted by Gasteiger charge is 2.32. The van der Waals surface area contributed by atoms with E-state index in [1.165, 1.54) is 11.8 Å². The zero-order chi connectivity index (χ0) is 16.8. The standard InChI is InChI=1S/C16H20N4O2S/c1-10(2)19-20-16-18-15(22)13(23-16)9-14(21)17-11(3)12-7-5-4-6-8-12/h4-8,11,13H,9H2,1-3H3,(H,17,21)(H,18,20,22). The molecule has 0 radical (unpaired) electrons. The van der Waals surface area contributed by atoms with E-state index in [1.54, 1.807) is 0 Å². The molecule has 0 bridgehead atoms. The number of amidine groups is 1. The first-order chi connectivity index (χ1) is 11.0. The fourth-order valence-electron chi connectivity index (χ4n) is 2.03. The molecule has 0 aromatic heterocycles. The molecule has 23 heavy (non-hydrogen) atoms. The molecule has 1 fully saturated rings. The van der Waals surface area contributed by atoms with Gasteiger partial charge in [0, 0.05) is 12.1 Å². The first-order valence-corrected chi connectivity index (χ1v) is 8.24. The van der Waals surface area contributed by atoms with Crippen molar-refractivity contribution in [1.82, 2.24) is 10.6 Å². The van der Waals surface area contributed by atoms with E-state index in [-0.39, 0.29) is 24.3 Å². The number of thioether (sulfide) groups is 1. The molecule has 2 atom stereocenters. The summed E-state index contributed by atoms with van der Waals surface area (Å²) in [6.45, 7) is 5.56. The summed E-state index contributed by atoms with van der Waals surface area (Å²) >= 11 is 1.23. The number of nitrogens with zero attached hydrogens (tertiary/aromatic N) is 2. The minimum atomic E-state index is -0.468. The van der Waals surface area contributed by atoms with E-state index in [0.717, 1.165) is 11.3 Å². The predicted molar refractivity (Wildman–Crippen MR) is 93.4 cm³/mol. The first kappa shape index (κ1) is 17.2. The summed E-state index contributed by atoms with van der Waals surface area (Å²) in [5.41, 5.74) is 1.82. The van der Waals surface area contributed by atoms with Crippen molar-refractivity contribution in [2.75, 3.05) is 0 Å². The molecule has 2 rings (SSSR count). The highest BCUT2D eigenvalue weighted by Crippen LogP contribution is 2.23. The average molecular weight is 332 g/mol. The second-order valence-corrected chi connectivity index (χ2v) is 6.64.